The molecule has 0 unspecified atom stereocenters. The normalized spacial score (nSPS) is 19.2. The van der Waals surface area contributed by atoms with E-state index in [2.05, 4.69) is 65.6 Å². The molecule has 0 atom stereocenters. The van der Waals surface area contributed by atoms with Gasteiger partial charge in [0.05, 0.1) is 6.54 Å². The first-order valence-corrected chi connectivity index (χ1v) is 12.9. The summed E-state index contributed by atoms with van der Waals surface area (Å²) in [4.78, 5) is 15.5. The van der Waals surface area contributed by atoms with Gasteiger partial charge in [-0.3, -0.25) is 9.69 Å². The van der Waals surface area contributed by atoms with Crippen molar-refractivity contribution < 1.29 is 15.0 Å². The molecule has 0 radical (unpaired) electrons. The van der Waals surface area contributed by atoms with Gasteiger partial charge in [-0.05, 0) is 83.3 Å². The third-order valence-electron chi connectivity index (χ3n) is 8.09. The quantitative estimate of drug-likeness (QED) is 0.520. The average molecular weight is 481 g/mol. The number of carbonyl (C=O) groups is 1. The fraction of sp³-hybridized carbons (Fsp3) is 0.323. The van der Waals surface area contributed by atoms with E-state index in [0.29, 0.717) is 5.75 Å². The van der Waals surface area contributed by atoms with Gasteiger partial charge < -0.3 is 15.1 Å². The Balaban J connectivity index is 1.31. The first kappa shape index (κ1) is 22.9. The number of fused-ring (bicyclic) bond motifs is 1. The lowest BCUT2D eigenvalue weighted by molar-refractivity contribution is -0.141. The molecule has 0 amide bonds. The first-order chi connectivity index (χ1) is 17.5. The molecule has 3 aromatic rings. The van der Waals surface area contributed by atoms with Crippen LogP contribution in [-0.2, 0) is 11.2 Å². The number of benzene rings is 3. The minimum Gasteiger partial charge on any atom is -0.508 e. The van der Waals surface area contributed by atoms with E-state index in [-0.39, 0.29) is 12.0 Å². The fourth-order valence-electron chi connectivity index (χ4n) is 6.49. The second kappa shape index (κ2) is 9.14. The van der Waals surface area contributed by atoms with Crippen LogP contribution in [0, 0.1) is 5.41 Å². The number of phenols is 1. The van der Waals surface area contributed by atoms with Gasteiger partial charge in [0, 0.05) is 37.3 Å². The second-order valence-corrected chi connectivity index (χ2v) is 10.7. The highest BCUT2D eigenvalue weighted by Crippen LogP contribution is 2.43. The van der Waals surface area contributed by atoms with Crippen LogP contribution in [0.1, 0.15) is 41.5 Å². The standard InChI is InChI=1S/C31H32N2O3/c34-26-13-14-28-24(17-26)7-4-8-27(22-5-2-1-3-6-22)30(28)23-9-11-25(12-10-23)33-16-15-31(21-33)19-32(20-31)18-29(35)36/h1-3,5-6,9-14,17,34H,4,7-8,15-16,18-21H2,(H,35,36). The van der Waals surface area contributed by atoms with Crippen molar-refractivity contribution in [2.45, 2.75) is 25.7 Å². The lowest BCUT2D eigenvalue weighted by Crippen LogP contribution is -2.58. The van der Waals surface area contributed by atoms with Crippen LogP contribution in [0.5, 0.6) is 5.75 Å². The molecule has 0 saturated carbocycles. The predicted octanol–water partition coefficient (Wildman–Crippen LogP) is 5.28. The lowest BCUT2D eigenvalue weighted by atomic mass is 9.79. The van der Waals surface area contributed by atoms with E-state index in [4.69, 9.17) is 5.11 Å². The van der Waals surface area contributed by atoms with Crippen LogP contribution in [-0.4, -0.2) is 53.8 Å². The van der Waals surface area contributed by atoms with Crippen molar-refractivity contribution in [3.63, 3.8) is 0 Å². The minimum atomic E-state index is -0.741. The van der Waals surface area contributed by atoms with Crippen molar-refractivity contribution in [1.82, 2.24) is 4.90 Å². The molecule has 184 valence electrons. The smallest absolute Gasteiger partial charge is 0.317 e. The molecule has 2 heterocycles. The molecule has 1 aliphatic carbocycles. The topological polar surface area (TPSA) is 64.0 Å². The molecule has 3 aromatic carbocycles. The maximum absolute atomic E-state index is 11.0. The summed E-state index contributed by atoms with van der Waals surface area (Å²) in [7, 11) is 0. The van der Waals surface area contributed by atoms with Crippen LogP contribution in [0.3, 0.4) is 0 Å². The van der Waals surface area contributed by atoms with E-state index in [0.717, 1.165) is 51.9 Å². The van der Waals surface area contributed by atoms with Crippen LogP contribution in [0.2, 0.25) is 0 Å². The molecule has 6 rings (SSSR count). The molecular formula is C31H32N2O3. The highest BCUT2D eigenvalue weighted by Gasteiger charge is 2.47. The van der Waals surface area contributed by atoms with E-state index >= 15 is 0 Å². The van der Waals surface area contributed by atoms with Gasteiger partial charge in [-0.25, -0.2) is 0 Å². The molecule has 2 aliphatic heterocycles. The number of hydrogen-bond acceptors (Lipinski definition) is 4. The SMILES string of the molecule is O=C(O)CN1CC2(CCN(c3ccc(C4=C(c5ccccc5)CCCc5cc(O)ccc54)cc3)C2)C1. The van der Waals surface area contributed by atoms with Crippen LogP contribution in [0.15, 0.2) is 72.8 Å². The van der Waals surface area contributed by atoms with Crippen LogP contribution >= 0.6 is 0 Å². The second-order valence-electron chi connectivity index (χ2n) is 10.7. The van der Waals surface area contributed by atoms with Crippen LogP contribution in [0.25, 0.3) is 11.1 Å². The summed E-state index contributed by atoms with van der Waals surface area (Å²) >= 11 is 0. The molecule has 1 spiro atoms. The molecule has 2 saturated heterocycles. The third-order valence-corrected chi connectivity index (χ3v) is 8.09. The number of phenolic OH excluding ortho intramolecular Hbond substituents is 1. The summed E-state index contributed by atoms with van der Waals surface area (Å²) < 4.78 is 0. The van der Waals surface area contributed by atoms with Crippen molar-refractivity contribution in [3.8, 4) is 5.75 Å². The van der Waals surface area contributed by atoms with Gasteiger partial charge in [-0.1, -0.05) is 48.5 Å². The number of hydrogen-bond donors (Lipinski definition) is 2. The van der Waals surface area contributed by atoms with Gasteiger partial charge in [0.2, 0.25) is 0 Å². The van der Waals surface area contributed by atoms with Gasteiger partial charge >= 0.3 is 5.97 Å². The number of nitrogens with zero attached hydrogens (tertiary/aromatic N) is 2. The summed E-state index contributed by atoms with van der Waals surface area (Å²) in [6, 6.07) is 25.4. The number of carboxylic acid groups (broad SMARTS) is 1. The van der Waals surface area contributed by atoms with Gasteiger partial charge in [0.25, 0.3) is 0 Å². The molecule has 3 aliphatic rings. The lowest BCUT2D eigenvalue weighted by Gasteiger charge is -2.47. The Kier molecular flexibility index (Phi) is 5.81. The highest BCUT2D eigenvalue weighted by atomic mass is 16.4. The number of aryl methyl sites for hydroxylation is 1. The number of rotatable bonds is 5. The van der Waals surface area contributed by atoms with Crippen molar-refractivity contribution >= 4 is 22.8 Å². The Bertz CT molecular complexity index is 1310. The molecule has 36 heavy (non-hydrogen) atoms. The van der Waals surface area contributed by atoms with E-state index in [1.807, 2.05) is 11.0 Å². The Morgan fingerprint density at radius 3 is 2.42 bits per heavy atom. The number of aromatic hydroxyl groups is 1. The average Bonchev–Trinajstić information content (AvgIpc) is 3.21. The Morgan fingerprint density at radius 1 is 0.889 bits per heavy atom. The monoisotopic (exact) mass is 480 g/mol. The van der Waals surface area contributed by atoms with Gasteiger partial charge in [0.1, 0.15) is 5.75 Å². The summed E-state index contributed by atoms with van der Waals surface area (Å²) in [6.45, 7) is 3.91. The zero-order valence-corrected chi connectivity index (χ0v) is 20.5. The van der Waals surface area contributed by atoms with E-state index < -0.39 is 5.97 Å². The molecule has 2 N–H and O–H groups in total. The maximum Gasteiger partial charge on any atom is 0.317 e. The Labute approximate surface area is 212 Å². The van der Waals surface area contributed by atoms with E-state index in [9.17, 15) is 9.90 Å². The van der Waals surface area contributed by atoms with Gasteiger partial charge in [-0.15, -0.1) is 0 Å². The van der Waals surface area contributed by atoms with Gasteiger partial charge in [0.15, 0.2) is 0 Å². The molecular weight excluding hydrogens is 448 g/mol. The molecule has 5 heteroatoms. The maximum atomic E-state index is 11.0. The number of anilines is 1. The number of aliphatic carboxylic acids is 1. The number of allylic oxidation sites excluding steroid dienone is 1. The predicted molar refractivity (Wildman–Crippen MR) is 143 cm³/mol. The Morgan fingerprint density at radius 2 is 1.67 bits per heavy atom. The van der Waals surface area contributed by atoms with Crippen LogP contribution < -0.4 is 4.90 Å². The highest BCUT2D eigenvalue weighted by molar-refractivity contribution is 6.00. The zero-order chi connectivity index (χ0) is 24.7. The molecule has 0 aromatic heterocycles. The third kappa shape index (κ3) is 4.28. The zero-order valence-electron chi connectivity index (χ0n) is 20.5. The van der Waals surface area contributed by atoms with Crippen molar-refractivity contribution in [2.75, 3.05) is 37.6 Å². The molecule has 0 bridgehead atoms. The fourth-order valence-corrected chi connectivity index (χ4v) is 6.49. The van der Waals surface area contributed by atoms with Gasteiger partial charge in [-0.2, -0.15) is 0 Å². The van der Waals surface area contributed by atoms with E-state index in [1.54, 1.807) is 6.07 Å². The summed E-state index contributed by atoms with van der Waals surface area (Å²) in [6.07, 6.45) is 4.12. The largest absolute Gasteiger partial charge is 0.508 e. The molecule has 5 nitrogen and oxygen atoms in total. The minimum absolute atomic E-state index is 0.147. The number of likely N-dealkylation sites (tertiary alicyclic amines) is 1. The number of carboxylic acids is 1. The summed E-state index contributed by atoms with van der Waals surface area (Å²) in [5.74, 6) is -0.415. The molecule has 2 fully saturated rings. The van der Waals surface area contributed by atoms with Crippen molar-refractivity contribution in [3.05, 3.63) is 95.1 Å². The van der Waals surface area contributed by atoms with Crippen LogP contribution in [0.4, 0.5) is 5.69 Å². The Hall–Kier alpha value is -3.57. The first-order valence-electron chi connectivity index (χ1n) is 12.9. The summed E-state index contributed by atoms with van der Waals surface area (Å²) in [5, 5.41) is 19.2. The summed E-state index contributed by atoms with van der Waals surface area (Å²) in [5.41, 5.74) is 8.98. The van der Waals surface area contributed by atoms with Crippen molar-refractivity contribution in [1.29, 1.82) is 0 Å². The van der Waals surface area contributed by atoms with Crippen molar-refractivity contribution in [2.24, 2.45) is 5.41 Å². The van der Waals surface area contributed by atoms with E-state index in [1.165, 1.54) is 39.1 Å².